The minimum Gasteiger partial charge on any atom is -0.457 e. The second kappa shape index (κ2) is 9.55. The molecule has 0 heterocycles. The first kappa shape index (κ1) is 19.6. The number of rotatable bonds is 8. The van der Waals surface area contributed by atoms with E-state index in [1.807, 2.05) is 0 Å². The molecule has 0 rings (SSSR count). The van der Waals surface area contributed by atoms with Crippen LogP contribution in [-0.4, -0.2) is 40.7 Å². The standard InChI is InChI=1S/C14H23NO5S/c1-8(2)13(18)15-7-10(5)21-12(17)6-11(16)14(19)20-9(3)4/h8-10H,6-7H2,1-5H3,(H,15,18). The SMILES string of the molecule is CC(C)OC(=O)C(=O)CC(=O)SC(C)CNC(=O)C(C)C. The Morgan fingerprint density at radius 1 is 1.05 bits per heavy atom. The average Bonchev–Trinajstić information content (AvgIpc) is 2.34. The number of carbonyl (C=O) groups excluding carboxylic acids is 4. The van der Waals surface area contributed by atoms with Gasteiger partial charge in [-0.25, -0.2) is 4.79 Å². The van der Waals surface area contributed by atoms with E-state index in [-0.39, 0.29) is 17.1 Å². The van der Waals surface area contributed by atoms with Crippen molar-refractivity contribution >= 4 is 34.5 Å². The number of esters is 1. The van der Waals surface area contributed by atoms with Crippen molar-refractivity contribution in [3.8, 4) is 0 Å². The van der Waals surface area contributed by atoms with E-state index in [1.165, 1.54) is 0 Å². The lowest BCUT2D eigenvalue weighted by atomic mass is 10.2. The maximum atomic E-state index is 11.7. The van der Waals surface area contributed by atoms with E-state index < -0.39 is 29.4 Å². The van der Waals surface area contributed by atoms with Gasteiger partial charge in [0.05, 0.1) is 12.5 Å². The van der Waals surface area contributed by atoms with Gasteiger partial charge >= 0.3 is 5.97 Å². The topological polar surface area (TPSA) is 89.5 Å². The van der Waals surface area contributed by atoms with E-state index >= 15 is 0 Å². The van der Waals surface area contributed by atoms with Gasteiger partial charge in [-0.3, -0.25) is 14.4 Å². The summed E-state index contributed by atoms with van der Waals surface area (Å²) in [5, 5.41) is 2.12. The predicted octanol–water partition coefficient (Wildman–Crippen LogP) is 1.32. The van der Waals surface area contributed by atoms with Crippen molar-refractivity contribution in [2.24, 2.45) is 5.92 Å². The van der Waals surface area contributed by atoms with Crippen molar-refractivity contribution in [2.45, 2.75) is 52.4 Å². The second-order valence-corrected chi connectivity index (χ2v) is 6.75. The molecule has 7 heteroatoms. The number of hydrogen-bond acceptors (Lipinski definition) is 6. The maximum absolute atomic E-state index is 11.7. The summed E-state index contributed by atoms with van der Waals surface area (Å²) >= 11 is 0.936. The molecule has 0 saturated heterocycles. The molecule has 0 saturated carbocycles. The van der Waals surface area contributed by atoms with Crippen molar-refractivity contribution in [3.05, 3.63) is 0 Å². The normalized spacial score (nSPS) is 12.1. The van der Waals surface area contributed by atoms with Crippen LogP contribution in [0.25, 0.3) is 0 Å². The summed E-state index contributed by atoms with van der Waals surface area (Å²) in [7, 11) is 0. The molecular formula is C14H23NO5S. The van der Waals surface area contributed by atoms with Crippen LogP contribution < -0.4 is 5.32 Å². The lowest BCUT2D eigenvalue weighted by Crippen LogP contribution is -2.33. The smallest absolute Gasteiger partial charge is 0.375 e. The van der Waals surface area contributed by atoms with Gasteiger partial charge in [-0.05, 0) is 13.8 Å². The first-order chi connectivity index (χ1) is 9.63. The van der Waals surface area contributed by atoms with Crippen LogP contribution >= 0.6 is 11.8 Å². The third-order valence-electron chi connectivity index (χ3n) is 2.30. The van der Waals surface area contributed by atoms with Crippen LogP contribution in [-0.2, 0) is 23.9 Å². The summed E-state index contributed by atoms with van der Waals surface area (Å²) in [5.74, 6) is -2.05. The van der Waals surface area contributed by atoms with E-state index in [1.54, 1.807) is 34.6 Å². The summed E-state index contributed by atoms with van der Waals surface area (Å²) < 4.78 is 4.72. The van der Waals surface area contributed by atoms with Crippen molar-refractivity contribution < 1.29 is 23.9 Å². The summed E-state index contributed by atoms with van der Waals surface area (Å²) in [6.45, 7) is 8.90. The molecule has 0 radical (unpaired) electrons. The molecule has 0 bridgehead atoms. The third kappa shape index (κ3) is 9.23. The zero-order chi connectivity index (χ0) is 16.6. The number of thioether (sulfide) groups is 1. The largest absolute Gasteiger partial charge is 0.457 e. The van der Waals surface area contributed by atoms with E-state index in [0.717, 1.165) is 11.8 Å². The van der Waals surface area contributed by atoms with Crippen LogP contribution in [0.1, 0.15) is 41.0 Å². The quantitative estimate of drug-likeness (QED) is 0.412. The average molecular weight is 317 g/mol. The van der Waals surface area contributed by atoms with Gasteiger partial charge in [0, 0.05) is 17.7 Å². The monoisotopic (exact) mass is 317 g/mol. The van der Waals surface area contributed by atoms with Gasteiger partial charge in [0.15, 0.2) is 5.12 Å². The molecule has 0 fully saturated rings. The molecule has 21 heavy (non-hydrogen) atoms. The lowest BCUT2D eigenvalue weighted by Gasteiger charge is -2.12. The molecular weight excluding hydrogens is 294 g/mol. The highest BCUT2D eigenvalue weighted by Crippen LogP contribution is 2.13. The Balaban J connectivity index is 4.11. The van der Waals surface area contributed by atoms with E-state index in [4.69, 9.17) is 4.74 Å². The molecule has 120 valence electrons. The number of nitrogens with one attached hydrogen (secondary N) is 1. The van der Waals surface area contributed by atoms with Gasteiger partial charge < -0.3 is 10.1 Å². The highest BCUT2D eigenvalue weighted by Gasteiger charge is 2.22. The summed E-state index contributed by atoms with van der Waals surface area (Å²) in [6, 6.07) is 0. The number of Topliss-reactive ketones (excluding diaryl/α,β-unsaturated/α-hetero) is 1. The molecule has 1 amide bonds. The van der Waals surface area contributed by atoms with Crippen LogP contribution in [0.5, 0.6) is 0 Å². The molecule has 0 aromatic heterocycles. The highest BCUT2D eigenvalue weighted by atomic mass is 32.2. The summed E-state index contributed by atoms with van der Waals surface area (Å²) in [4.78, 5) is 45.8. The minimum atomic E-state index is -0.986. The molecule has 1 N–H and O–H groups in total. The Labute approximate surface area is 129 Å². The van der Waals surface area contributed by atoms with Crippen LogP contribution in [0, 0.1) is 5.92 Å². The Morgan fingerprint density at radius 2 is 1.62 bits per heavy atom. The molecule has 1 unspecified atom stereocenters. The number of hydrogen-bond donors (Lipinski definition) is 1. The summed E-state index contributed by atoms with van der Waals surface area (Å²) in [6.07, 6.45) is -0.882. The molecule has 0 aromatic carbocycles. The fourth-order valence-corrected chi connectivity index (χ4v) is 2.07. The maximum Gasteiger partial charge on any atom is 0.375 e. The van der Waals surface area contributed by atoms with Crippen molar-refractivity contribution in [1.82, 2.24) is 5.32 Å². The fourth-order valence-electron chi connectivity index (χ4n) is 1.24. The number of ether oxygens (including phenoxy) is 1. The first-order valence-electron chi connectivity index (χ1n) is 6.84. The summed E-state index contributed by atoms with van der Waals surface area (Å²) in [5.41, 5.74) is 0. The van der Waals surface area contributed by atoms with Crippen molar-refractivity contribution in [3.63, 3.8) is 0 Å². The van der Waals surface area contributed by atoms with Gasteiger partial charge in [0.1, 0.15) is 0 Å². The van der Waals surface area contributed by atoms with Crippen LogP contribution in [0.3, 0.4) is 0 Å². The predicted molar refractivity (Wildman–Crippen MR) is 80.8 cm³/mol. The van der Waals surface area contributed by atoms with E-state index in [9.17, 15) is 19.2 Å². The lowest BCUT2D eigenvalue weighted by molar-refractivity contribution is -0.157. The number of carbonyl (C=O) groups is 4. The van der Waals surface area contributed by atoms with Gasteiger partial charge in [-0.2, -0.15) is 0 Å². The Morgan fingerprint density at radius 3 is 2.10 bits per heavy atom. The molecule has 1 atom stereocenters. The molecule has 6 nitrogen and oxygen atoms in total. The number of ketones is 1. The molecule has 0 spiro atoms. The Kier molecular flexibility index (Phi) is 8.92. The van der Waals surface area contributed by atoms with Crippen LogP contribution in [0.15, 0.2) is 0 Å². The fraction of sp³-hybridized carbons (Fsp3) is 0.714. The Bertz CT molecular complexity index is 406. The number of amides is 1. The van der Waals surface area contributed by atoms with Gasteiger partial charge in [-0.15, -0.1) is 0 Å². The minimum absolute atomic E-state index is 0.0912. The van der Waals surface area contributed by atoms with E-state index in [0.29, 0.717) is 6.54 Å². The third-order valence-corrected chi connectivity index (χ3v) is 3.27. The van der Waals surface area contributed by atoms with Crippen molar-refractivity contribution in [2.75, 3.05) is 6.54 Å². The van der Waals surface area contributed by atoms with Crippen LogP contribution in [0.2, 0.25) is 0 Å². The molecule has 0 aliphatic carbocycles. The van der Waals surface area contributed by atoms with Crippen molar-refractivity contribution in [1.29, 1.82) is 0 Å². The first-order valence-corrected chi connectivity index (χ1v) is 7.72. The Hall–Kier alpha value is -1.37. The van der Waals surface area contributed by atoms with Crippen LogP contribution in [0.4, 0.5) is 0 Å². The highest BCUT2D eigenvalue weighted by molar-refractivity contribution is 8.14. The molecule has 0 aliphatic heterocycles. The van der Waals surface area contributed by atoms with Gasteiger partial charge in [0.25, 0.3) is 0 Å². The second-order valence-electron chi connectivity index (χ2n) is 5.25. The molecule has 0 aliphatic rings. The van der Waals surface area contributed by atoms with E-state index in [2.05, 4.69) is 5.32 Å². The van der Waals surface area contributed by atoms with Gasteiger partial charge in [0.2, 0.25) is 11.7 Å². The zero-order valence-electron chi connectivity index (χ0n) is 13.1. The zero-order valence-corrected chi connectivity index (χ0v) is 13.9. The molecule has 0 aromatic rings. The van der Waals surface area contributed by atoms with Gasteiger partial charge in [-0.1, -0.05) is 32.5 Å².